The molecular formula is C16H13Cl2FN2O. The van der Waals surface area contributed by atoms with Crippen LogP contribution in [-0.4, -0.2) is 15.3 Å². The average molecular weight is 339 g/mol. The summed E-state index contributed by atoms with van der Waals surface area (Å²) in [6, 6.07) is 9.29. The van der Waals surface area contributed by atoms with E-state index in [2.05, 4.69) is 4.98 Å². The van der Waals surface area contributed by atoms with Crippen molar-refractivity contribution in [2.75, 3.05) is 0 Å². The molecule has 0 aromatic heterocycles. The normalized spacial score (nSPS) is 10.5. The van der Waals surface area contributed by atoms with Gasteiger partial charge in [0.25, 0.3) is 0 Å². The molecule has 0 bridgehead atoms. The van der Waals surface area contributed by atoms with E-state index in [1.54, 1.807) is 10.8 Å². The van der Waals surface area contributed by atoms with Crippen LogP contribution in [0.25, 0.3) is 11.4 Å². The number of aromatic nitrogens is 2. The minimum absolute atomic E-state index is 0. The number of hydrogen-bond donors (Lipinski definition) is 0. The van der Waals surface area contributed by atoms with Gasteiger partial charge < -0.3 is 4.57 Å². The molecule has 0 unspecified atom stereocenters. The molecular weight excluding hydrogens is 326 g/mol. The number of halogens is 3. The molecule has 0 saturated carbocycles. The first-order valence-electron chi connectivity index (χ1n) is 6.46. The number of ketones is 1. The van der Waals surface area contributed by atoms with E-state index in [-0.39, 0.29) is 30.6 Å². The second kappa shape index (κ2) is 6.46. The van der Waals surface area contributed by atoms with Crippen LogP contribution in [0.1, 0.15) is 15.9 Å². The fraction of sp³-hybridized carbons (Fsp3) is 0.125. The maximum absolute atomic E-state index is 12.9. The molecule has 2 aliphatic heterocycles. The fourth-order valence-corrected chi connectivity index (χ4v) is 2.44. The number of fused-ring (bicyclic) bond motifs is 1. The van der Waals surface area contributed by atoms with Gasteiger partial charge in [-0.05, 0) is 48.9 Å². The number of rotatable bonds is 3. The number of hydrogen-bond acceptors (Lipinski definition) is 2. The molecule has 0 spiro atoms. The highest BCUT2D eigenvalue weighted by Crippen LogP contribution is 2.30. The molecule has 6 heteroatoms. The van der Waals surface area contributed by atoms with Crippen molar-refractivity contribution in [3.63, 3.8) is 0 Å². The van der Waals surface area contributed by atoms with Gasteiger partial charge in [-0.15, -0.1) is 12.4 Å². The van der Waals surface area contributed by atoms with E-state index in [0.29, 0.717) is 16.5 Å². The van der Waals surface area contributed by atoms with Gasteiger partial charge in [0.1, 0.15) is 16.8 Å². The maximum atomic E-state index is 12.9. The summed E-state index contributed by atoms with van der Waals surface area (Å²) in [4.78, 5) is 16.5. The highest BCUT2D eigenvalue weighted by molar-refractivity contribution is 6.31. The summed E-state index contributed by atoms with van der Waals surface area (Å²) in [5.41, 5.74) is 2.29. The third kappa shape index (κ3) is 2.98. The summed E-state index contributed by atoms with van der Waals surface area (Å²) in [6.45, 7) is 2.03. The summed E-state index contributed by atoms with van der Waals surface area (Å²) in [7, 11) is 0. The first-order chi connectivity index (χ1) is 10.1. The highest BCUT2D eigenvalue weighted by Gasteiger charge is 2.17. The molecule has 0 amide bonds. The molecule has 3 rings (SSSR count). The highest BCUT2D eigenvalue weighted by atomic mass is 35.5. The zero-order chi connectivity index (χ0) is 15.0. The Kier molecular flexibility index (Phi) is 4.84. The summed E-state index contributed by atoms with van der Waals surface area (Å²) >= 11 is 6.04. The van der Waals surface area contributed by atoms with Crippen LogP contribution in [0, 0.1) is 12.7 Å². The number of carbonyl (C=O) groups excluding carboxylic acids is 1. The van der Waals surface area contributed by atoms with Crippen molar-refractivity contribution < 1.29 is 9.18 Å². The molecule has 1 aromatic carbocycles. The zero-order valence-corrected chi connectivity index (χ0v) is 13.3. The molecule has 2 heterocycles. The van der Waals surface area contributed by atoms with E-state index >= 15 is 0 Å². The summed E-state index contributed by atoms with van der Waals surface area (Å²) < 4.78 is 14.6. The van der Waals surface area contributed by atoms with Gasteiger partial charge in [0, 0.05) is 17.3 Å². The molecule has 1 aromatic rings. The molecule has 22 heavy (non-hydrogen) atoms. The van der Waals surface area contributed by atoms with Crippen molar-refractivity contribution in [3.05, 3.63) is 64.7 Å². The van der Waals surface area contributed by atoms with Gasteiger partial charge in [-0.2, -0.15) is 0 Å². The van der Waals surface area contributed by atoms with E-state index in [4.69, 9.17) is 11.6 Å². The molecule has 0 N–H and O–H groups in total. The third-order valence-corrected chi connectivity index (χ3v) is 3.81. The van der Waals surface area contributed by atoms with Crippen molar-refractivity contribution in [2.45, 2.75) is 13.5 Å². The maximum Gasteiger partial charge on any atom is 0.182 e. The third-order valence-electron chi connectivity index (χ3n) is 3.44. The van der Waals surface area contributed by atoms with Gasteiger partial charge in [-0.1, -0.05) is 11.6 Å². The number of carbonyl (C=O) groups is 1. The Hall–Kier alpha value is -1.91. The zero-order valence-electron chi connectivity index (χ0n) is 11.7. The van der Waals surface area contributed by atoms with Crippen molar-refractivity contribution in [2.24, 2.45) is 0 Å². The van der Waals surface area contributed by atoms with Gasteiger partial charge in [-0.25, -0.2) is 9.37 Å². The van der Waals surface area contributed by atoms with Crippen molar-refractivity contribution in [1.82, 2.24) is 9.55 Å². The second-order valence-electron chi connectivity index (χ2n) is 4.83. The SMILES string of the molecule is Cc1c2cccn(CC(=O)c3ccc(F)cc3)c-2nc1Cl.Cl. The van der Waals surface area contributed by atoms with Gasteiger partial charge in [0.15, 0.2) is 5.78 Å². The van der Waals surface area contributed by atoms with Gasteiger partial charge in [0.2, 0.25) is 0 Å². The van der Waals surface area contributed by atoms with E-state index in [1.807, 2.05) is 19.1 Å². The molecule has 2 aliphatic rings. The lowest BCUT2D eigenvalue weighted by Gasteiger charge is -2.11. The van der Waals surface area contributed by atoms with E-state index in [1.165, 1.54) is 24.3 Å². The molecule has 0 aliphatic carbocycles. The predicted molar refractivity (Wildman–Crippen MR) is 86.6 cm³/mol. The lowest BCUT2D eigenvalue weighted by atomic mass is 10.1. The van der Waals surface area contributed by atoms with E-state index < -0.39 is 0 Å². The molecule has 0 saturated heterocycles. The Balaban J connectivity index is 0.00000176. The number of benzene rings is 1. The molecule has 3 nitrogen and oxygen atoms in total. The molecule has 0 atom stereocenters. The largest absolute Gasteiger partial charge is 0.325 e. The standard InChI is InChI=1S/C16H12ClFN2O.ClH/c1-10-13-3-2-8-20(16(13)19-15(10)17)9-14(21)11-4-6-12(18)7-5-11;/h2-8H,9H2,1H3;1H. The number of pyridine rings is 1. The Morgan fingerprint density at radius 2 is 1.95 bits per heavy atom. The van der Waals surface area contributed by atoms with Crippen LogP contribution in [0.15, 0.2) is 42.6 Å². The van der Waals surface area contributed by atoms with E-state index in [0.717, 1.165) is 11.1 Å². The van der Waals surface area contributed by atoms with Crippen LogP contribution in [-0.2, 0) is 6.54 Å². The first kappa shape index (κ1) is 16.5. The van der Waals surface area contributed by atoms with E-state index in [9.17, 15) is 9.18 Å². The van der Waals surface area contributed by atoms with Gasteiger partial charge in [0.05, 0.1) is 6.54 Å². The molecule has 0 radical (unpaired) electrons. The second-order valence-corrected chi connectivity index (χ2v) is 5.19. The summed E-state index contributed by atoms with van der Waals surface area (Å²) in [5.74, 6) is 0.209. The Morgan fingerprint density at radius 3 is 2.64 bits per heavy atom. The van der Waals surface area contributed by atoms with Crippen LogP contribution in [0.4, 0.5) is 4.39 Å². The monoisotopic (exact) mass is 338 g/mol. The minimum atomic E-state index is -0.360. The average Bonchev–Trinajstić information content (AvgIpc) is 2.77. The van der Waals surface area contributed by atoms with Crippen molar-refractivity contribution in [1.29, 1.82) is 0 Å². The minimum Gasteiger partial charge on any atom is -0.325 e. The smallest absolute Gasteiger partial charge is 0.182 e. The van der Waals surface area contributed by atoms with Gasteiger partial charge >= 0.3 is 0 Å². The topological polar surface area (TPSA) is 34.9 Å². The molecule has 114 valence electrons. The quantitative estimate of drug-likeness (QED) is 0.663. The Morgan fingerprint density at radius 1 is 1.27 bits per heavy atom. The van der Waals surface area contributed by atoms with Crippen molar-refractivity contribution in [3.8, 4) is 11.4 Å². The van der Waals surface area contributed by atoms with Gasteiger partial charge in [-0.3, -0.25) is 4.79 Å². The number of Topliss-reactive ketones (excluding diaryl/α,β-unsaturated/α-hetero) is 1. The van der Waals surface area contributed by atoms with Crippen LogP contribution >= 0.6 is 24.0 Å². The van der Waals surface area contributed by atoms with Crippen LogP contribution in [0.3, 0.4) is 0 Å². The fourth-order valence-electron chi connectivity index (χ4n) is 2.26. The Bertz CT molecular complexity index is 784. The first-order valence-corrected chi connectivity index (χ1v) is 6.84. The van der Waals surface area contributed by atoms with Crippen molar-refractivity contribution >= 4 is 29.8 Å². The predicted octanol–water partition coefficient (Wildman–Crippen LogP) is 4.39. The van der Waals surface area contributed by atoms with Crippen LogP contribution in [0.2, 0.25) is 5.15 Å². The molecule has 0 fully saturated rings. The van der Waals surface area contributed by atoms with Crippen LogP contribution < -0.4 is 0 Å². The Labute approximate surface area is 138 Å². The summed E-state index contributed by atoms with van der Waals surface area (Å²) in [6.07, 6.45) is 1.78. The lowest BCUT2D eigenvalue weighted by molar-refractivity contribution is 0.0972. The summed E-state index contributed by atoms with van der Waals surface area (Å²) in [5, 5.41) is 0.444. The lowest BCUT2D eigenvalue weighted by Crippen LogP contribution is -2.12. The van der Waals surface area contributed by atoms with Crippen LogP contribution in [0.5, 0.6) is 0 Å². The number of nitrogens with zero attached hydrogens (tertiary/aromatic N) is 2.